The summed E-state index contributed by atoms with van der Waals surface area (Å²) in [6, 6.07) is 6.15. The molecule has 1 aromatic carbocycles. The van der Waals surface area contributed by atoms with Gasteiger partial charge in [0.15, 0.2) is 0 Å². The van der Waals surface area contributed by atoms with Crippen LogP contribution >= 0.6 is 0 Å². The fourth-order valence-corrected chi connectivity index (χ4v) is 1.41. The highest BCUT2D eigenvalue weighted by molar-refractivity contribution is 7.86. The molecule has 0 N–H and O–H groups in total. The summed E-state index contributed by atoms with van der Waals surface area (Å²) in [6.45, 7) is 3.63. The molecule has 0 heterocycles. The van der Waals surface area contributed by atoms with Crippen LogP contribution in [0.1, 0.15) is 5.56 Å². The molecule has 0 saturated carbocycles. The second kappa shape index (κ2) is 3.25. The maximum absolute atomic E-state index is 11.1. The standard InChI is InChI=1S/C8H9O3S/c1-7-3-5-8(6-4-7)12(9,10)11-2/h3-6H,1H2,2H3. The van der Waals surface area contributed by atoms with Crippen LogP contribution in [-0.4, -0.2) is 15.5 Å². The summed E-state index contributed by atoms with van der Waals surface area (Å²) in [5.74, 6) is 0. The van der Waals surface area contributed by atoms with Gasteiger partial charge in [-0.15, -0.1) is 0 Å². The maximum atomic E-state index is 11.1. The SMILES string of the molecule is [CH2]c1ccc(S(=O)(=O)OC)cc1. The number of hydrogen-bond acceptors (Lipinski definition) is 3. The minimum atomic E-state index is -3.54. The third-order valence-corrected chi connectivity index (χ3v) is 2.72. The zero-order valence-corrected chi connectivity index (χ0v) is 7.47. The Balaban J connectivity index is 3.14. The van der Waals surface area contributed by atoms with E-state index in [1.807, 2.05) is 0 Å². The van der Waals surface area contributed by atoms with Crippen molar-refractivity contribution in [3.8, 4) is 0 Å². The van der Waals surface area contributed by atoms with E-state index in [4.69, 9.17) is 0 Å². The van der Waals surface area contributed by atoms with Crippen molar-refractivity contribution in [3.05, 3.63) is 36.8 Å². The molecule has 12 heavy (non-hydrogen) atoms. The van der Waals surface area contributed by atoms with Crippen molar-refractivity contribution in [3.63, 3.8) is 0 Å². The first-order valence-electron chi connectivity index (χ1n) is 3.29. The van der Waals surface area contributed by atoms with Gasteiger partial charge in [0.05, 0.1) is 12.0 Å². The van der Waals surface area contributed by atoms with Crippen LogP contribution in [0.15, 0.2) is 29.2 Å². The van der Waals surface area contributed by atoms with Crippen molar-refractivity contribution in [1.82, 2.24) is 0 Å². The molecular weight excluding hydrogens is 176 g/mol. The second-order valence-electron chi connectivity index (χ2n) is 2.26. The van der Waals surface area contributed by atoms with Crippen molar-refractivity contribution in [2.45, 2.75) is 4.90 Å². The minimum Gasteiger partial charge on any atom is -0.270 e. The molecule has 1 aromatic rings. The normalized spacial score (nSPS) is 11.5. The van der Waals surface area contributed by atoms with Gasteiger partial charge in [-0.3, -0.25) is 4.18 Å². The van der Waals surface area contributed by atoms with E-state index < -0.39 is 10.1 Å². The van der Waals surface area contributed by atoms with E-state index in [9.17, 15) is 8.42 Å². The highest BCUT2D eigenvalue weighted by Crippen LogP contribution is 2.11. The Morgan fingerprint density at radius 2 is 1.75 bits per heavy atom. The summed E-state index contributed by atoms with van der Waals surface area (Å²) in [5.41, 5.74) is 0.769. The third-order valence-electron chi connectivity index (χ3n) is 1.43. The third kappa shape index (κ3) is 1.84. The van der Waals surface area contributed by atoms with Gasteiger partial charge >= 0.3 is 0 Å². The first kappa shape index (κ1) is 9.22. The topological polar surface area (TPSA) is 43.4 Å². The lowest BCUT2D eigenvalue weighted by Crippen LogP contribution is -2.02. The van der Waals surface area contributed by atoms with Gasteiger partial charge in [-0.2, -0.15) is 8.42 Å². The molecule has 0 fully saturated rings. The molecular formula is C8H9O3S. The smallest absolute Gasteiger partial charge is 0.270 e. The van der Waals surface area contributed by atoms with Crippen LogP contribution in [0.5, 0.6) is 0 Å². The van der Waals surface area contributed by atoms with Crippen LogP contribution in [-0.2, 0) is 14.3 Å². The predicted octanol–water partition coefficient (Wildman–Crippen LogP) is 1.20. The number of benzene rings is 1. The number of hydrogen-bond donors (Lipinski definition) is 0. The zero-order chi connectivity index (χ0) is 9.19. The Labute approximate surface area is 72.1 Å². The van der Waals surface area contributed by atoms with E-state index in [1.54, 1.807) is 12.1 Å². The Morgan fingerprint density at radius 1 is 1.25 bits per heavy atom. The summed E-state index contributed by atoms with van der Waals surface area (Å²) in [6.07, 6.45) is 0. The monoisotopic (exact) mass is 185 g/mol. The molecule has 0 aliphatic carbocycles. The van der Waals surface area contributed by atoms with Crippen molar-refractivity contribution >= 4 is 10.1 Å². The molecule has 65 valence electrons. The molecule has 0 aliphatic heterocycles. The fraction of sp³-hybridized carbons (Fsp3) is 0.125. The van der Waals surface area contributed by atoms with Crippen LogP contribution in [0.4, 0.5) is 0 Å². The largest absolute Gasteiger partial charge is 0.296 e. The van der Waals surface area contributed by atoms with Gasteiger partial charge in [-0.25, -0.2) is 0 Å². The van der Waals surface area contributed by atoms with Gasteiger partial charge in [-0.05, 0) is 24.6 Å². The van der Waals surface area contributed by atoms with Crippen molar-refractivity contribution in [2.24, 2.45) is 0 Å². The van der Waals surface area contributed by atoms with E-state index in [-0.39, 0.29) is 4.90 Å². The summed E-state index contributed by atoms with van der Waals surface area (Å²) in [4.78, 5) is 0.150. The predicted molar refractivity (Wildman–Crippen MR) is 45.1 cm³/mol. The molecule has 0 aliphatic rings. The van der Waals surface area contributed by atoms with Crippen LogP contribution in [0.2, 0.25) is 0 Å². The lowest BCUT2D eigenvalue weighted by molar-refractivity contribution is 0.398. The Bertz CT molecular complexity index is 350. The second-order valence-corrected chi connectivity index (χ2v) is 3.98. The van der Waals surface area contributed by atoms with Crippen LogP contribution in [0.3, 0.4) is 0 Å². The average molecular weight is 185 g/mol. The Kier molecular flexibility index (Phi) is 2.49. The molecule has 0 spiro atoms. The highest BCUT2D eigenvalue weighted by Gasteiger charge is 2.10. The summed E-state index contributed by atoms with van der Waals surface area (Å²) in [7, 11) is -2.41. The molecule has 0 amide bonds. The molecule has 0 unspecified atom stereocenters. The molecule has 1 radical (unpaired) electrons. The highest BCUT2D eigenvalue weighted by atomic mass is 32.2. The van der Waals surface area contributed by atoms with Gasteiger partial charge in [0.1, 0.15) is 0 Å². The van der Waals surface area contributed by atoms with Crippen LogP contribution in [0, 0.1) is 6.92 Å². The lowest BCUT2D eigenvalue weighted by Gasteiger charge is -2.00. The van der Waals surface area contributed by atoms with E-state index in [0.29, 0.717) is 0 Å². The first-order chi connectivity index (χ1) is 5.56. The van der Waals surface area contributed by atoms with Gasteiger partial charge in [-0.1, -0.05) is 12.1 Å². The Morgan fingerprint density at radius 3 is 2.17 bits per heavy atom. The van der Waals surface area contributed by atoms with E-state index in [0.717, 1.165) is 12.7 Å². The van der Waals surface area contributed by atoms with E-state index in [2.05, 4.69) is 11.1 Å². The molecule has 0 saturated heterocycles. The maximum Gasteiger partial charge on any atom is 0.296 e. The Hall–Kier alpha value is -0.870. The summed E-state index contributed by atoms with van der Waals surface area (Å²) < 4.78 is 26.5. The molecule has 3 nitrogen and oxygen atoms in total. The van der Waals surface area contributed by atoms with Crippen molar-refractivity contribution in [2.75, 3.05) is 7.11 Å². The van der Waals surface area contributed by atoms with Crippen molar-refractivity contribution < 1.29 is 12.6 Å². The van der Waals surface area contributed by atoms with E-state index in [1.165, 1.54) is 12.1 Å². The van der Waals surface area contributed by atoms with Crippen LogP contribution in [0.25, 0.3) is 0 Å². The molecule has 0 bridgehead atoms. The quantitative estimate of drug-likeness (QED) is 0.650. The summed E-state index contributed by atoms with van der Waals surface area (Å²) >= 11 is 0. The number of rotatable bonds is 2. The van der Waals surface area contributed by atoms with Crippen LogP contribution < -0.4 is 0 Å². The van der Waals surface area contributed by atoms with E-state index >= 15 is 0 Å². The van der Waals surface area contributed by atoms with Gasteiger partial charge < -0.3 is 0 Å². The minimum absolute atomic E-state index is 0.150. The average Bonchev–Trinajstić information content (AvgIpc) is 2.05. The zero-order valence-electron chi connectivity index (χ0n) is 6.65. The van der Waals surface area contributed by atoms with Crippen molar-refractivity contribution in [1.29, 1.82) is 0 Å². The first-order valence-corrected chi connectivity index (χ1v) is 4.70. The molecule has 0 aromatic heterocycles. The van der Waals surface area contributed by atoms with Gasteiger partial charge in [0.2, 0.25) is 0 Å². The summed E-state index contributed by atoms with van der Waals surface area (Å²) in [5, 5.41) is 0. The molecule has 4 heteroatoms. The van der Waals surface area contributed by atoms with Gasteiger partial charge in [0, 0.05) is 0 Å². The molecule has 0 atom stereocenters. The molecule has 1 rings (SSSR count). The van der Waals surface area contributed by atoms with Gasteiger partial charge in [0.25, 0.3) is 10.1 Å². The fourth-order valence-electron chi connectivity index (χ4n) is 0.752. The lowest BCUT2D eigenvalue weighted by atomic mass is 10.2.